The fraction of sp³-hybridized carbons (Fsp3) is 0.615. The van der Waals surface area contributed by atoms with Gasteiger partial charge in [0.1, 0.15) is 6.61 Å². The first kappa shape index (κ1) is 14.9. The number of carbonyl (C=O) groups is 1. The van der Waals surface area contributed by atoms with E-state index in [4.69, 9.17) is 4.74 Å². The molecule has 6 nitrogen and oxygen atoms in total. The first-order valence-corrected chi connectivity index (χ1v) is 6.90. The minimum Gasteiger partial charge on any atom is -0.443 e. The SMILES string of the molecule is CN(C(=O)OCc1c(B(O)O)ccn1C)C1CCCC1. The summed E-state index contributed by atoms with van der Waals surface area (Å²) in [5, 5.41) is 18.5. The van der Waals surface area contributed by atoms with Crippen LogP contribution >= 0.6 is 0 Å². The highest BCUT2D eigenvalue weighted by atomic mass is 16.6. The van der Waals surface area contributed by atoms with Crippen LogP contribution in [-0.2, 0) is 18.4 Å². The molecular weight excluding hydrogens is 259 g/mol. The van der Waals surface area contributed by atoms with Gasteiger partial charge in [-0.05, 0) is 18.9 Å². The van der Waals surface area contributed by atoms with E-state index in [2.05, 4.69) is 0 Å². The maximum absolute atomic E-state index is 12.0. The van der Waals surface area contributed by atoms with E-state index >= 15 is 0 Å². The summed E-state index contributed by atoms with van der Waals surface area (Å²) in [7, 11) is 1.97. The first-order valence-electron chi connectivity index (χ1n) is 6.90. The smallest absolute Gasteiger partial charge is 0.443 e. The van der Waals surface area contributed by atoms with Crippen molar-refractivity contribution in [3.05, 3.63) is 18.0 Å². The molecule has 0 aliphatic heterocycles. The molecular formula is C13H21BN2O4. The topological polar surface area (TPSA) is 74.9 Å². The van der Waals surface area contributed by atoms with E-state index in [-0.39, 0.29) is 18.7 Å². The molecule has 110 valence electrons. The van der Waals surface area contributed by atoms with Crippen LogP contribution in [0.25, 0.3) is 0 Å². The van der Waals surface area contributed by atoms with Gasteiger partial charge in [0.05, 0.1) is 5.69 Å². The quantitative estimate of drug-likeness (QED) is 0.773. The van der Waals surface area contributed by atoms with E-state index in [1.807, 2.05) is 0 Å². The van der Waals surface area contributed by atoms with Gasteiger partial charge < -0.3 is 24.3 Å². The second kappa shape index (κ2) is 6.32. The van der Waals surface area contributed by atoms with Gasteiger partial charge in [-0.3, -0.25) is 0 Å². The lowest BCUT2D eigenvalue weighted by Gasteiger charge is -2.23. The van der Waals surface area contributed by atoms with Crippen molar-refractivity contribution in [2.45, 2.75) is 38.3 Å². The lowest BCUT2D eigenvalue weighted by atomic mass is 9.80. The van der Waals surface area contributed by atoms with Crippen LogP contribution in [0.2, 0.25) is 0 Å². The second-order valence-electron chi connectivity index (χ2n) is 5.31. The van der Waals surface area contributed by atoms with Gasteiger partial charge in [-0.1, -0.05) is 12.8 Å². The van der Waals surface area contributed by atoms with E-state index in [0.29, 0.717) is 11.2 Å². The summed E-state index contributed by atoms with van der Waals surface area (Å²) in [5.41, 5.74) is 0.956. The molecule has 0 saturated heterocycles. The third-order valence-electron chi connectivity index (χ3n) is 4.01. The molecule has 1 fully saturated rings. The average Bonchev–Trinajstić information content (AvgIpc) is 3.04. The van der Waals surface area contributed by atoms with Crippen LogP contribution in [0.1, 0.15) is 31.4 Å². The Bertz CT molecular complexity index is 469. The molecule has 1 aromatic rings. The fourth-order valence-electron chi connectivity index (χ4n) is 2.67. The molecule has 2 N–H and O–H groups in total. The van der Waals surface area contributed by atoms with E-state index in [1.165, 1.54) is 0 Å². The molecule has 20 heavy (non-hydrogen) atoms. The van der Waals surface area contributed by atoms with Crippen molar-refractivity contribution >= 4 is 18.7 Å². The first-order chi connectivity index (χ1) is 9.50. The summed E-state index contributed by atoms with van der Waals surface area (Å²) in [4.78, 5) is 13.6. The highest BCUT2D eigenvalue weighted by Gasteiger charge is 2.25. The molecule has 1 aliphatic carbocycles. The largest absolute Gasteiger partial charge is 0.490 e. The highest BCUT2D eigenvalue weighted by molar-refractivity contribution is 6.59. The Balaban J connectivity index is 1.94. The summed E-state index contributed by atoms with van der Waals surface area (Å²) in [6.45, 7) is 0.0341. The number of nitrogens with zero attached hydrogens (tertiary/aromatic N) is 2. The monoisotopic (exact) mass is 280 g/mol. The van der Waals surface area contributed by atoms with Crippen molar-refractivity contribution in [2.24, 2.45) is 7.05 Å². The molecule has 2 rings (SSSR count). The van der Waals surface area contributed by atoms with Crippen LogP contribution in [0, 0.1) is 0 Å². The van der Waals surface area contributed by atoms with Crippen LogP contribution in [0.15, 0.2) is 12.3 Å². The van der Waals surface area contributed by atoms with Crippen LogP contribution in [0.4, 0.5) is 4.79 Å². The lowest BCUT2D eigenvalue weighted by Crippen LogP contribution is -2.37. The maximum atomic E-state index is 12.0. The zero-order valence-electron chi connectivity index (χ0n) is 12.0. The van der Waals surface area contributed by atoms with Gasteiger partial charge in [-0.2, -0.15) is 0 Å². The van der Waals surface area contributed by atoms with Gasteiger partial charge in [-0.25, -0.2) is 4.79 Å². The third-order valence-corrected chi connectivity index (χ3v) is 4.01. The molecule has 0 unspecified atom stereocenters. The standard InChI is InChI=1S/C13H21BN2O4/c1-15-8-7-11(14(18)19)12(15)9-20-13(17)16(2)10-5-3-4-6-10/h7-8,10,18-19H,3-6,9H2,1-2H3. The minimum atomic E-state index is -1.56. The van der Waals surface area contributed by atoms with E-state index in [0.717, 1.165) is 25.7 Å². The Morgan fingerprint density at radius 2 is 2.15 bits per heavy atom. The predicted octanol–water partition coefficient (Wildman–Crippen LogP) is 0.216. The van der Waals surface area contributed by atoms with Gasteiger partial charge in [0.15, 0.2) is 0 Å². The van der Waals surface area contributed by atoms with Crippen molar-refractivity contribution in [1.29, 1.82) is 0 Å². The number of rotatable bonds is 4. The van der Waals surface area contributed by atoms with Crippen LogP contribution in [0.5, 0.6) is 0 Å². The molecule has 7 heteroatoms. The van der Waals surface area contributed by atoms with E-state index < -0.39 is 7.12 Å². The lowest BCUT2D eigenvalue weighted by molar-refractivity contribution is 0.0902. The van der Waals surface area contributed by atoms with Crippen molar-refractivity contribution < 1.29 is 19.6 Å². The number of amides is 1. The number of aryl methyl sites for hydroxylation is 1. The normalized spacial score (nSPS) is 15.4. The number of aromatic nitrogens is 1. The van der Waals surface area contributed by atoms with Gasteiger partial charge in [0.25, 0.3) is 0 Å². The molecule has 0 aromatic carbocycles. The molecule has 1 saturated carbocycles. The number of hydrogen-bond acceptors (Lipinski definition) is 4. The highest BCUT2D eigenvalue weighted by Crippen LogP contribution is 2.22. The summed E-state index contributed by atoms with van der Waals surface area (Å²) in [6.07, 6.45) is 5.70. The number of hydrogen-bond donors (Lipinski definition) is 2. The Morgan fingerprint density at radius 1 is 1.50 bits per heavy atom. The third kappa shape index (κ3) is 3.16. The van der Waals surface area contributed by atoms with E-state index in [1.54, 1.807) is 35.8 Å². The molecule has 0 spiro atoms. The molecule has 1 aromatic heterocycles. The molecule has 0 radical (unpaired) electrons. The van der Waals surface area contributed by atoms with Gasteiger partial charge in [0.2, 0.25) is 0 Å². The van der Waals surface area contributed by atoms with Crippen LogP contribution < -0.4 is 5.46 Å². The van der Waals surface area contributed by atoms with Crippen molar-refractivity contribution in [1.82, 2.24) is 9.47 Å². The molecule has 1 aliphatic rings. The molecule has 1 amide bonds. The predicted molar refractivity (Wildman–Crippen MR) is 75.4 cm³/mol. The number of ether oxygens (including phenoxy) is 1. The Hall–Kier alpha value is -1.47. The number of carbonyl (C=O) groups excluding carboxylic acids is 1. The van der Waals surface area contributed by atoms with Crippen molar-refractivity contribution in [2.75, 3.05) is 7.05 Å². The van der Waals surface area contributed by atoms with E-state index in [9.17, 15) is 14.8 Å². The molecule has 0 bridgehead atoms. The summed E-state index contributed by atoms with van der Waals surface area (Å²) in [6, 6.07) is 1.87. The summed E-state index contributed by atoms with van der Waals surface area (Å²) < 4.78 is 7.00. The van der Waals surface area contributed by atoms with Crippen LogP contribution in [-0.4, -0.2) is 45.8 Å². The fourth-order valence-corrected chi connectivity index (χ4v) is 2.67. The Morgan fingerprint density at radius 3 is 2.75 bits per heavy atom. The summed E-state index contributed by atoms with van der Waals surface area (Å²) in [5.74, 6) is 0. The minimum absolute atomic E-state index is 0.0341. The van der Waals surface area contributed by atoms with Crippen molar-refractivity contribution in [3.8, 4) is 0 Å². The zero-order chi connectivity index (χ0) is 14.7. The van der Waals surface area contributed by atoms with Crippen molar-refractivity contribution in [3.63, 3.8) is 0 Å². The molecule has 0 atom stereocenters. The zero-order valence-corrected chi connectivity index (χ0v) is 12.0. The van der Waals surface area contributed by atoms with Crippen LogP contribution in [0.3, 0.4) is 0 Å². The molecule has 1 heterocycles. The second-order valence-corrected chi connectivity index (χ2v) is 5.31. The maximum Gasteiger partial charge on any atom is 0.490 e. The van der Waals surface area contributed by atoms with Gasteiger partial charge in [0, 0.05) is 31.8 Å². The van der Waals surface area contributed by atoms with Gasteiger partial charge in [-0.15, -0.1) is 0 Å². The summed E-state index contributed by atoms with van der Waals surface area (Å²) >= 11 is 0. The Labute approximate surface area is 119 Å². The van der Waals surface area contributed by atoms with Gasteiger partial charge >= 0.3 is 13.2 Å². The Kier molecular flexibility index (Phi) is 4.72. The average molecular weight is 280 g/mol.